The first kappa shape index (κ1) is 36.2. The summed E-state index contributed by atoms with van der Waals surface area (Å²) in [7, 11) is 0. The number of benzene rings is 10. The third-order valence-corrected chi connectivity index (χ3v) is 15.7. The molecule has 14 aromatic rings. The first-order valence-corrected chi connectivity index (χ1v) is 23.5. The zero-order chi connectivity index (χ0) is 43.4. The maximum absolute atomic E-state index is 7.00. The van der Waals surface area contributed by atoms with Crippen molar-refractivity contribution in [2.75, 3.05) is 4.90 Å². The molecule has 0 bridgehead atoms. The van der Waals surface area contributed by atoms with E-state index < -0.39 is 0 Å². The lowest BCUT2D eigenvalue weighted by atomic mass is 9.82. The maximum Gasteiger partial charge on any atom is 0.161 e. The molecule has 66 heavy (non-hydrogen) atoms. The summed E-state index contributed by atoms with van der Waals surface area (Å²) in [6, 6.07) is 70.6. The predicted molar refractivity (Wildman–Crippen MR) is 278 cm³/mol. The molecule has 0 radical (unpaired) electrons. The highest BCUT2D eigenvalue weighted by molar-refractivity contribution is 7.27. The van der Waals surface area contributed by atoms with Gasteiger partial charge in [0.1, 0.15) is 11.2 Å². The molecule has 0 aliphatic heterocycles. The van der Waals surface area contributed by atoms with E-state index in [1.54, 1.807) is 0 Å². The van der Waals surface area contributed by atoms with Gasteiger partial charge < -0.3 is 18.3 Å². The van der Waals surface area contributed by atoms with E-state index in [4.69, 9.17) is 8.83 Å². The molecule has 1 aliphatic carbocycles. The van der Waals surface area contributed by atoms with Crippen LogP contribution in [0.15, 0.2) is 203 Å². The van der Waals surface area contributed by atoms with Crippen LogP contribution in [0.2, 0.25) is 0 Å². The van der Waals surface area contributed by atoms with Gasteiger partial charge in [0, 0.05) is 75.0 Å². The fourth-order valence-corrected chi connectivity index (χ4v) is 12.8. The van der Waals surface area contributed by atoms with Gasteiger partial charge >= 0.3 is 0 Å². The number of hydrogen-bond acceptors (Lipinski definition) is 4. The van der Waals surface area contributed by atoms with E-state index in [0.717, 1.165) is 66.8 Å². The van der Waals surface area contributed by atoms with Crippen molar-refractivity contribution in [2.24, 2.45) is 0 Å². The molecule has 0 saturated heterocycles. The van der Waals surface area contributed by atoms with Gasteiger partial charge in [0.25, 0.3) is 0 Å². The van der Waals surface area contributed by atoms with Crippen LogP contribution in [0.4, 0.5) is 17.1 Å². The zero-order valence-electron chi connectivity index (χ0n) is 36.1. The molecule has 10 aromatic carbocycles. The van der Waals surface area contributed by atoms with Crippen molar-refractivity contribution in [3.8, 4) is 16.8 Å². The van der Waals surface area contributed by atoms with E-state index in [1.165, 1.54) is 74.9 Å². The third kappa shape index (κ3) is 4.77. The number of para-hydroxylation sites is 4. The van der Waals surface area contributed by atoms with Crippen LogP contribution in [-0.2, 0) is 5.41 Å². The molecule has 310 valence electrons. The van der Waals surface area contributed by atoms with E-state index in [9.17, 15) is 0 Å². The van der Waals surface area contributed by atoms with Crippen molar-refractivity contribution in [3.63, 3.8) is 0 Å². The molecule has 0 saturated carbocycles. The quantitative estimate of drug-likeness (QED) is 0.177. The number of rotatable bonds is 4. The zero-order valence-corrected chi connectivity index (χ0v) is 36.9. The average molecular weight is 863 g/mol. The lowest BCUT2D eigenvalue weighted by Crippen LogP contribution is -2.17. The monoisotopic (exact) mass is 862 g/mol. The summed E-state index contributed by atoms with van der Waals surface area (Å²) in [5.41, 5.74) is 15.0. The summed E-state index contributed by atoms with van der Waals surface area (Å²) in [6.45, 7) is 4.77. The van der Waals surface area contributed by atoms with Crippen LogP contribution in [0.1, 0.15) is 25.0 Å². The molecule has 4 heterocycles. The van der Waals surface area contributed by atoms with Crippen molar-refractivity contribution in [1.29, 1.82) is 0 Å². The standard InChI is InChI=1S/C61H38N2O2S/c1-61(2)47-33-38(62(37-27-26-35-14-3-4-15-36(35)32-37)50-22-13-20-43-42-16-6-10-23-51(42)64-58(43)50)28-30-40(47)41-31-29-39(34-48(41)61)63-49-21-9-5-17-44(49)54-55-46-19-8-12-25-53(46)66-60(55)56-45-18-7-11-24-52(45)65-59(56)57(54)63/h3-34H,1-2H3. The summed E-state index contributed by atoms with van der Waals surface area (Å²) in [6.07, 6.45) is 0. The topological polar surface area (TPSA) is 34.5 Å². The Labute approximate surface area is 382 Å². The molecular weight excluding hydrogens is 825 g/mol. The Hall–Kier alpha value is -8.12. The van der Waals surface area contributed by atoms with Gasteiger partial charge in [-0.3, -0.25) is 0 Å². The van der Waals surface area contributed by atoms with Crippen LogP contribution in [-0.4, -0.2) is 4.57 Å². The number of hydrogen-bond donors (Lipinski definition) is 0. The summed E-state index contributed by atoms with van der Waals surface area (Å²) in [5, 5.41) is 12.0. The predicted octanol–water partition coefficient (Wildman–Crippen LogP) is 17.9. The first-order chi connectivity index (χ1) is 32.5. The number of nitrogens with zero attached hydrogens (tertiary/aromatic N) is 2. The minimum absolute atomic E-state index is 0.318. The minimum Gasteiger partial charge on any atom is -0.454 e. The Bertz CT molecular complexity index is 4410. The SMILES string of the molecule is CC1(C)c2cc(N(c3ccc4ccccc4c3)c3cccc4c3oc3ccccc34)ccc2-c2ccc(-n3c4ccccc4c4c5c6ccccc6sc5c5c6ccccc6oc5c43)cc21. The van der Waals surface area contributed by atoms with Crippen molar-refractivity contribution < 1.29 is 8.83 Å². The van der Waals surface area contributed by atoms with E-state index in [0.29, 0.717) is 0 Å². The van der Waals surface area contributed by atoms with Crippen molar-refractivity contribution in [1.82, 2.24) is 4.57 Å². The normalized spacial score (nSPS) is 13.4. The van der Waals surface area contributed by atoms with Gasteiger partial charge in [0.15, 0.2) is 11.2 Å². The second kappa shape index (κ2) is 13.0. The lowest BCUT2D eigenvalue weighted by molar-refractivity contribution is 0.659. The van der Waals surface area contributed by atoms with Gasteiger partial charge in [-0.2, -0.15) is 0 Å². The fourth-order valence-electron chi connectivity index (χ4n) is 11.5. The molecule has 0 atom stereocenters. The molecule has 4 aromatic heterocycles. The van der Waals surface area contributed by atoms with Crippen LogP contribution in [0, 0.1) is 0 Å². The van der Waals surface area contributed by atoms with E-state index in [2.05, 4.69) is 211 Å². The van der Waals surface area contributed by atoms with E-state index in [-0.39, 0.29) is 5.41 Å². The summed E-state index contributed by atoms with van der Waals surface area (Å²) >= 11 is 1.87. The van der Waals surface area contributed by atoms with Gasteiger partial charge in [-0.25, -0.2) is 0 Å². The van der Waals surface area contributed by atoms with Crippen LogP contribution in [0.25, 0.3) is 113 Å². The van der Waals surface area contributed by atoms with Crippen molar-refractivity contribution >= 4 is 125 Å². The summed E-state index contributed by atoms with van der Waals surface area (Å²) < 4.78 is 18.8. The maximum atomic E-state index is 7.00. The number of anilines is 3. The van der Waals surface area contributed by atoms with Gasteiger partial charge in [-0.05, 0) is 99.8 Å². The number of furan rings is 2. The largest absolute Gasteiger partial charge is 0.454 e. The lowest BCUT2D eigenvalue weighted by Gasteiger charge is -2.28. The number of fused-ring (bicyclic) bond motifs is 19. The molecule has 0 spiro atoms. The van der Waals surface area contributed by atoms with Crippen molar-refractivity contribution in [2.45, 2.75) is 19.3 Å². The molecule has 0 N–H and O–H groups in total. The highest BCUT2D eigenvalue weighted by Crippen LogP contribution is 2.54. The van der Waals surface area contributed by atoms with Gasteiger partial charge in [-0.1, -0.05) is 141 Å². The number of aromatic nitrogens is 1. The molecule has 0 fully saturated rings. The molecule has 1 aliphatic rings. The van der Waals surface area contributed by atoms with Crippen LogP contribution in [0.3, 0.4) is 0 Å². The van der Waals surface area contributed by atoms with Gasteiger partial charge in [0.05, 0.1) is 16.7 Å². The Morgan fingerprint density at radius 2 is 1.11 bits per heavy atom. The van der Waals surface area contributed by atoms with E-state index in [1.807, 2.05) is 17.4 Å². The molecule has 5 heteroatoms. The summed E-state index contributed by atoms with van der Waals surface area (Å²) in [5.74, 6) is 0. The fraction of sp³-hybridized carbons (Fsp3) is 0.0492. The van der Waals surface area contributed by atoms with Crippen LogP contribution >= 0.6 is 11.3 Å². The number of thiophene rings is 1. The Kier molecular flexibility index (Phi) is 7.14. The van der Waals surface area contributed by atoms with Gasteiger partial charge in [-0.15, -0.1) is 11.3 Å². The molecular formula is C61H38N2O2S. The average Bonchev–Trinajstić information content (AvgIpc) is 4.16. The first-order valence-electron chi connectivity index (χ1n) is 22.7. The molecule has 0 amide bonds. The molecule has 4 nitrogen and oxygen atoms in total. The second-order valence-corrected chi connectivity index (χ2v) is 19.4. The third-order valence-electron chi connectivity index (χ3n) is 14.5. The highest BCUT2D eigenvalue weighted by atomic mass is 32.1. The molecule has 0 unspecified atom stereocenters. The summed E-state index contributed by atoms with van der Waals surface area (Å²) in [4.78, 5) is 2.38. The molecule has 15 rings (SSSR count). The Morgan fingerprint density at radius 3 is 1.97 bits per heavy atom. The second-order valence-electron chi connectivity index (χ2n) is 18.4. The van der Waals surface area contributed by atoms with Crippen LogP contribution in [0.5, 0.6) is 0 Å². The Morgan fingerprint density at radius 1 is 0.470 bits per heavy atom. The van der Waals surface area contributed by atoms with Gasteiger partial charge in [0.2, 0.25) is 0 Å². The minimum atomic E-state index is -0.318. The highest BCUT2D eigenvalue weighted by Gasteiger charge is 2.37. The van der Waals surface area contributed by atoms with Crippen LogP contribution < -0.4 is 4.90 Å². The van der Waals surface area contributed by atoms with E-state index >= 15 is 0 Å². The Balaban J connectivity index is 0.951. The van der Waals surface area contributed by atoms with Crippen molar-refractivity contribution in [3.05, 3.63) is 205 Å². The smallest absolute Gasteiger partial charge is 0.161 e.